The van der Waals surface area contributed by atoms with Crippen LogP contribution in [-0.2, 0) is 19.1 Å². The smallest absolute Gasteiger partial charge is 0.416 e. The van der Waals surface area contributed by atoms with E-state index in [0.29, 0.717) is 12.8 Å². The lowest BCUT2D eigenvalue weighted by Gasteiger charge is -2.38. The minimum absolute atomic E-state index is 0.0104. The molecule has 0 radical (unpaired) electrons. The van der Waals surface area contributed by atoms with Crippen LogP contribution >= 0.6 is 15.9 Å². The van der Waals surface area contributed by atoms with Gasteiger partial charge in [-0.05, 0) is 40.8 Å². The quantitative estimate of drug-likeness (QED) is 0.344. The van der Waals surface area contributed by atoms with Gasteiger partial charge in [0.05, 0.1) is 16.4 Å². The number of aliphatic hydroxyl groups is 2. The third-order valence-corrected chi connectivity index (χ3v) is 7.27. The van der Waals surface area contributed by atoms with Gasteiger partial charge in [-0.25, -0.2) is 9.69 Å². The number of carbonyl (C=O) groups is 3. The molecule has 0 bridgehead atoms. The number of cyclic esters (lactones) is 1. The maximum absolute atomic E-state index is 13.1. The second kappa shape index (κ2) is 13.0. The highest BCUT2D eigenvalue weighted by Gasteiger charge is 2.48. The van der Waals surface area contributed by atoms with Crippen LogP contribution in [0.2, 0.25) is 0 Å². The third-order valence-electron chi connectivity index (χ3n) is 6.42. The van der Waals surface area contributed by atoms with Crippen molar-refractivity contribution in [1.82, 2.24) is 4.90 Å². The van der Waals surface area contributed by atoms with Crippen LogP contribution in [0.3, 0.4) is 0 Å². The van der Waals surface area contributed by atoms with E-state index in [9.17, 15) is 19.5 Å². The molecule has 1 fully saturated rings. The number of halogens is 1. The molecular weight excluding hydrogens is 494 g/mol. The number of aliphatic hydroxyl groups excluding tert-OH is 1. The largest absolute Gasteiger partial charge is 0.447 e. The van der Waals surface area contributed by atoms with Crippen molar-refractivity contribution < 1.29 is 34.1 Å². The Morgan fingerprint density at radius 3 is 2.27 bits per heavy atom. The highest BCUT2D eigenvalue weighted by atomic mass is 79.9. The number of carbonyl (C=O) groups excluding carboxylic acids is 3. The van der Waals surface area contributed by atoms with Gasteiger partial charge in [-0.1, -0.05) is 59.3 Å². The molecule has 0 aromatic heterocycles. The molecule has 2 heterocycles. The Morgan fingerprint density at radius 1 is 1.12 bits per heavy atom. The lowest BCUT2D eigenvalue weighted by atomic mass is 9.93. The molecule has 0 spiro atoms. The van der Waals surface area contributed by atoms with Crippen LogP contribution in [0.5, 0.6) is 0 Å². The van der Waals surface area contributed by atoms with Gasteiger partial charge in [0.2, 0.25) is 5.91 Å². The summed E-state index contributed by atoms with van der Waals surface area (Å²) in [7, 11) is 0. The molecule has 4 atom stereocenters. The maximum Gasteiger partial charge on any atom is 0.416 e. The molecule has 0 aromatic rings. The Bertz CT molecular complexity index is 726. The van der Waals surface area contributed by atoms with Crippen molar-refractivity contribution in [1.29, 1.82) is 0 Å². The number of imide groups is 1. The fourth-order valence-electron chi connectivity index (χ4n) is 4.24. The molecule has 1 saturated heterocycles. The van der Waals surface area contributed by atoms with Gasteiger partial charge in [0, 0.05) is 13.0 Å². The van der Waals surface area contributed by atoms with Crippen molar-refractivity contribution in [3.8, 4) is 0 Å². The number of hydrogen-bond acceptors (Lipinski definition) is 7. The summed E-state index contributed by atoms with van der Waals surface area (Å²) in [6.07, 6.45) is 7.54. The summed E-state index contributed by atoms with van der Waals surface area (Å²) in [5.74, 6) is -3.59. The third kappa shape index (κ3) is 7.34. The average Bonchev–Trinajstić information content (AvgIpc) is 3.16. The molecule has 0 aliphatic carbocycles. The number of ether oxygens (including phenoxy) is 2. The van der Waals surface area contributed by atoms with Crippen LogP contribution < -0.4 is 0 Å². The first-order chi connectivity index (χ1) is 15.6. The lowest BCUT2D eigenvalue weighted by molar-refractivity contribution is -0.217. The number of ketones is 1. The van der Waals surface area contributed by atoms with Crippen molar-refractivity contribution >= 4 is 33.7 Å². The van der Waals surface area contributed by atoms with E-state index in [2.05, 4.69) is 15.9 Å². The van der Waals surface area contributed by atoms with Gasteiger partial charge in [0.1, 0.15) is 12.7 Å². The Hall–Kier alpha value is -1.29. The zero-order chi connectivity index (χ0) is 24.6. The molecule has 2 aliphatic heterocycles. The van der Waals surface area contributed by atoms with Gasteiger partial charge in [0.15, 0.2) is 11.6 Å². The summed E-state index contributed by atoms with van der Waals surface area (Å²) in [6, 6.07) is -0.393. The Kier molecular flexibility index (Phi) is 11.0. The summed E-state index contributed by atoms with van der Waals surface area (Å²) in [6.45, 7) is 5.71. The lowest BCUT2D eigenvalue weighted by Crippen LogP contribution is -2.52. The topological polar surface area (TPSA) is 113 Å². The van der Waals surface area contributed by atoms with Gasteiger partial charge >= 0.3 is 6.09 Å². The van der Waals surface area contributed by atoms with Crippen LogP contribution in [0.1, 0.15) is 78.6 Å². The molecule has 2 aliphatic rings. The van der Waals surface area contributed by atoms with Crippen LogP contribution in [-0.4, -0.2) is 64.0 Å². The van der Waals surface area contributed by atoms with Gasteiger partial charge in [-0.3, -0.25) is 9.59 Å². The van der Waals surface area contributed by atoms with E-state index in [1.54, 1.807) is 0 Å². The summed E-state index contributed by atoms with van der Waals surface area (Å²) < 4.78 is 11.1. The fourth-order valence-corrected chi connectivity index (χ4v) is 4.75. The van der Waals surface area contributed by atoms with Gasteiger partial charge in [-0.15, -0.1) is 0 Å². The SMILES string of the molecule is CC(C)C1COC(=O)N1C(=O)C(C)C1OC(O)(CCCCCCCCCCO)C(Br)=CC1=O. The van der Waals surface area contributed by atoms with Gasteiger partial charge in [-0.2, -0.15) is 0 Å². The predicted octanol–water partition coefficient (Wildman–Crippen LogP) is 4.06. The summed E-state index contributed by atoms with van der Waals surface area (Å²) in [5, 5.41) is 19.9. The zero-order valence-electron chi connectivity index (χ0n) is 19.9. The molecule has 2 N–H and O–H groups in total. The molecule has 0 saturated carbocycles. The van der Waals surface area contributed by atoms with Crippen LogP contribution in [0.25, 0.3) is 0 Å². The van der Waals surface area contributed by atoms with Crippen molar-refractivity contribution in [2.75, 3.05) is 13.2 Å². The first-order valence-electron chi connectivity index (χ1n) is 12.0. The minimum atomic E-state index is -1.68. The van der Waals surface area contributed by atoms with Crippen LogP contribution in [0.15, 0.2) is 10.6 Å². The normalized spacial score (nSPS) is 26.5. The Labute approximate surface area is 204 Å². The molecule has 9 heteroatoms. The molecule has 188 valence electrons. The first-order valence-corrected chi connectivity index (χ1v) is 12.8. The van der Waals surface area contributed by atoms with E-state index in [4.69, 9.17) is 14.6 Å². The van der Waals surface area contributed by atoms with Crippen molar-refractivity contribution in [3.63, 3.8) is 0 Å². The summed E-state index contributed by atoms with van der Waals surface area (Å²) in [5.41, 5.74) is 0. The average molecular weight is 532 g/mol. The van der Waals surface area contributed by atoms with E-state index in [0.717, 1.165) is 49.8 Å². The number of amides is 2. The van der Waals surface area contributed by atoms with E-state index in [-0.39, 0.29) is 23.6 Å². The second-order valence-corrected chi connectivity index (χ2v) is 10.3. The van der Waals surface area contributed by atoms with E-state index >= 15 is 0 Å². The highest BCUT2D eigenvalue weighted by Crippen LogP contribution is 2.37. The minimum Gasteiger partial charge on any atom is -0.447 e. The molecule has 2 amide bonds. The summed E-state index contributed by atoms with van der Waals surface area (Å²) in [4.78, 5) is 39.0. The van der Waals surface area contributed by atoms with Crippen molar-refractivity contribution in [2.45, 2.75) is 96.5 Å². The Balaban J connectivity index is 1.92. The number of nitrogens with zero attached hydrogens (tertiary/aromatic N) is 1. The van der Waals surface area contributed by atoms with Gasteiger partial charge < -0.3 is 19.7 Å². The van der Waals surface area contributed by atoms with E-state index < -0.39 is 41.6 Å². The second-order valence-electron chi connectivity index (χ2n) is 9.40. The molecule has 4 unspecified atom stereocenters. The van der Waals surface area contributed by atoms with E-state index in [1.807, 2.05) is 13.8 Å². The van der Waals surface area contributed by atoms with Crippen LogP contribution in [0.4, 0.5) is 4.79 Å². The van der Waals surface area contributed by atoms with Crippen molar-refractivity contribution in [2.24, 2.45) is 11.8 Å². The molecule has 33 heavy (non-hydrogen) atoms. The summed E-state index contributed by atoms with van der Waals surface area (Å²) >= 11 is 3.26. The predicted molar refractivity (Wildman–Crippen MR) is 126 cm³/mol. The van der Waals surface area contributed by atoms with E-state index in [1.165, 1.54) is 13.0 Å². The monoisotopic (exact) mass is 531 g/mol. The number of unbranched alkanes of at least 4 members (excludes halogenated alkanes) is 7. The Morgan fingerprint density at radius 2 is 1.70 bits per heavy atom. The number of rotatable bonds is 13. The number of hydrogen-bond donors (Lipinski definition) is 2. The fraction of sp³-hybridized carbons (Fsp3) is 0.792. The molecule has 8 nitrogen and oxygen atoms in total. The standard InChI is InChI=1S/C24H38BrNO7/c1-16(2)18-15-32-23(30)26(18)22(29)17(3)21-19(28)14-20(25)24(31,33-21)12-10-8-6-4-5-7-9-11-13-27/h14,16-18,21,27,31H,4-13,15H2,1-3H3. The first kappa shape index (κ1) is 28.0. The van der Waals surface area contributed by atoms with Gasteiger partial charge in [0.25, 0.3) is 0 Å². The highest BCUT2D eigenvalue weighted by molar-refractivity contribution is 9.11. The molecular formula is C24H38BrNO7. The molecule has 0 aromatic carbocycles. The van der Waals surface area contributed by atoms with Crippen molar-refractivity contribution in [3.05, 3.63) is 10.6 Å². The van der Waals surface area contributed by atoms with Crippen LogP contribution in [0, 0.1) is 11.8 Å². The molecule has 2 rings (SSSR count). The zero-order valence-corrected chi connectivity index (χ0v) is 21.5. The maximum atomic E-state index is 13.1.